The molecular formula is C37H38N2O9. The zero-order chi connectivity index (χ0) is 33.9. The smallest absolute Gasteiger partial charge is 0.412 e. The molecule has 2 aliphatic heterocycles. The number of aliphatic hydroxyl groups excluding tert-OH is 1. The van der Waals surface area contributed by atoms with Crippen molar-refractivity contribution >= 4 is 23.7 Å². The summed E-state index contributed by atoms with van der Waals surface area (Å²) in [6.07, 6.45) is -2.35. The monoisotopic (exact) mass is 654 g/mol. The van der Waals surface area contributed by atoms with E-state index in [0.717, 1.165) is 11.1 Å². The molecule has 2 aliphatic rings. The van der Waals surface area contributed by atoms with Gasteiger partial charge in [0.15, 0.2) is 24.6 Å². The van der Waals surface area contributed by atoms with E-state index in [1.807, 2.05) is 78.9 Å². The fourth-order valence-corrected chi connectivity index (χ4v) is 5.82. The van der Waals surface area contributed by atoms with Crippen LogP contribution in [-0.2, 0) is 46.1 Å². The highest BCUT2D eigenvalue weighted by Crippen LogP contribution is 2.32. The molecule has 0 spiro atoms. The topological polar surface area (TPSA) is 153 Å². The molecule has 7 atom stereocenters. The molecule has 5 rings (SSSR count). The zero-order valence-corrected chi connectivity index (χ0v) is 26.5. The Labute approximate surface area is 279 Å². The number of amides is 1. The fourth-order valence-electron chi connectivity index (χ4n) is 5.82. The largest absolute Gasteiger partial charge is 0.454 e. The summed E-state index contributed by atoms with van der Waals surface area (Å²) in [5.74, 6) is -2.41. The van der Waals surface area contributed by atoms with Gasteiger partial charge in [-0.15, -0.1) is 0 Å². The lowest BCUT2D eigenvalue weighted by Gasteiger charge is -2.44. The second kappa shape index (κ2) is 16.7. The van der Waals surface area contributed by atoms with Crippen molar-refractivity contribution in [2.45, 2.75) is 56.4 Å². The Bertz CT molecular complexity index is 1590. The van der Waals surface area contributed by atoms with E-state index in [1.54, 1.807) is 0 Å². The minimum absolute atomic E-state index is 0.330. The Morgan fingerprint density at radius 3 is 1.90 bits per heavy atom. The third-order valence-corrected chi connectivity index (χ3v) is 8.34. The number of hydrogen-bond donors (Lipinski definition) is 2. The molecular weight excluding hydrogens is 616 g/mol. The van der Waals surface area contributed by atoms with Crippen LogP contribution in [0.15, 0.2) is 97.1 Å². The van der Waals surface area contributed by atoms with Crippen molar-refractivity contribution in [2.24, 2.45) is 11.8 Å². The summed E-state index contributed by atoms with van der Waals surface area (Å²) in [7, 11) is 1.34. The third-order valence-electron chi connectivity index (χ3n) is 8.34. The fraction of sp³-hybridized carbons (Fsp3) is 0.351. The van der Waals surface area contributed by atoms with Crippen LogP contribution < -0.4 is 5.32 Å². The molecule has 1 fully saturated rings. The maximum absolute atomic E-state index is 13.9. The minimum Gasteiger partial charge on any atom is -0.454 e. The van der Waals surface area contributed by atoms with Crippen LogP contribution in [-0.4, -0.2) is 67.6 Å². The standard InChI is InChI=1S/C37H38N2O9/c1-44-36-33-32(31(30(23-40)45-36)48-37(43)39-29-18-16-26(22-38)17-19-29)46-34(41)27(20-24-10-4-2-5-11-24)14-8-9-15-28(35(42)47-33)21-25-12-6-3-7-13-25/h2-13,16-19,27-28,30-33,36,40H,14-15,20-21,23H2,1H3,(H,39,43)/b9-8+/t27-,28-,30+,31+,32-,33+,36-/m0/s1. The summed E-state index contributed by atoms with van der Waals surface area (Å²) in [6, 6.07) is 27.2. The highest BCUT2D eigenvalue weighted by Gasteiger charge is 2.53. The summed E-state index contributed by atoms with van der Waals surface area (Å²) >= 11 is 0. The SMILES string of the molecule is CO[C@H]1O[C@H](CO)[C@@H](OC(=O)Nc2ccc(C#N)cc2)[C@@H]2OC(=O)[C@H](Cc3ccccc3)C/C=C/C[C@@H](Cc3ccccc3)C(=O)O[C@@H]12. The minimum atomic E-state index is -1.40. The van der Waals surface area contributed by atoms with Crippen LogP contribution in [0.3, 0.4) is 0 Å². The number of nitrogens with one attached hydrogen (secondary N) is 1. The molecule has 2 N–H and O–H groups in total. The van der Waals surface area contributed by atoms with E-state index < -0.39 is 67.2 Å². The van der Waals surface area contributed by atoms with Crippen LogP contribution in [0, 0.1) is 23.2 Å². The Morgan fingerprint density at radius 2 is 1.40 bits per heavy atom. The first kappa shape index (κ1) is 34.3. The molecule has 0 radical (unpaired) electrons. The number of nitrogens with zero attached hydrogens (tertiary/aromatic N) is 1. The van der Waals surface area contributed by atoms with E-state index in [9.17, 15) is 19.5 Å². The van der Waals surface area contributed by atoms with Crippen LogP contribution >= 0.6 is 0 Å². The number of fused-ring (bicyclic) bond motifs is 1. The van der Waals surface area contributed by atoms with Gasteiger partial charge in [0.1, 0.15) is 6.10 Å². The lowest BCUT2D eigenvalue weighted by atomic mass is 9.92. The van der Waals surface area contributed by atoms with Crippen molar-refractivity contribution in [1.82, 2.24) is 0 Å². The molecule has 250 valence electrons. The Balaban J connectivity index is 1.48. The molecule has 3 aromatic carbocycles. The summed E-state index contributed by atoms with van der Waals surface area (Å²) in [5.41, 5.74) is 2.60. The molecule has 11 nitrogen and oxygen atoms in total. The van der Waals surface area contributed by atoms with Gasteiger partial charge in [0.05, 0.1) is 30.1 Å². The molecule has 2 heterocycles. The van der Waals surface area contributed by atoms with Gasteiger partial charge in [-0.05, 0) is 61.1 Å². The van der Waals surface area contributed by atoms with Gasteiger partial charge in [-0.3, -0.25) is 14.9 Å². The number of allylic oxidation sites excluding steroid dienone is 2. The van der Waals surface area contributed by atoms with Gasteiger partial charge in [-0.25, -0.2) is 4.79 Å². The predicted molar refractivity (Wildman–Crippen MR) is 173 cm³/mol. The number of anilines is 1. The van der Waals surface area contributed by atoms with Gasteiger partial charge in [0.25, 0.3) is 0 Å². The number of aliphatic hydroxyl groups is 1. The van der Waals surface area contributed by atoms with Gasteiger partial charge >= 0.3 is 18.0 Å². The number of carbonyl (C=O) groups excluding carboxylic acids is 3. The van der Waals surface area contributed by atoms with E-state index in [0.29, 0.717) is 36.9 Å². The average Bonchev–Trinajstić information content (AvgIpc) is 3.11. The van der Waals surface area contributed by atoms with E-state index in [1.165, 1.54) is 31.4 Å². The van der Waals surface area contributed by atoms with Gasteiger partial charge < -0.3 is 28.8 Å². The van der Waals surface area contributed by atoms with E-state index in [2.05, 4.69) is 5.32 Å². The van der Waals surface area contributed by atoms with Crippen molar-refractivity contribution in [3.05, 3.63) is 114 Å². The number of benzene rings is 3. The first-order chi connectivity index (χ1) is 23.4. The molecule has 1 amide bonds. The summed E-state index contributed by atoms with van der Waals surface area (Å²) in [5, 5.41) is 22.0. The van der Waals surface area contributed by atoms with Crippen molar-refractivity contribution in [3.63, 3.8) is 0 Å². The van der Waals surface area contributed by atoms with Crippen molar-refractivity contribution < 1.29 is 43.2 Å². The Hall–Kier alpha value is -5.02. The first-order valence-corrected chi connectivity index (χ1v) is 15.8. The molecule has 0 aliphatic carbocycles. The second-order valence-corrected chi connectivity index (χ2v) is 11.7. The van der Waals surface area contributed by atoms with Crippen LogP contribution in [0.25, 0.3) is 0 Å². The Morgan fingerprint density at radius 1 is 0.854 bits per heavy atom. The predicted octanol–water partition coefficient (Wildman–Crippen LogP) is 4.73. The van der Waals surface area contributed by atoms with Crippen molar-refractivity contribution in [2.75, 3.05) is 19.0 Å². The van der Waals surface area contributed by atoms with E-state index in [-0.39, 0.29) is 0 Å². The van der Waals surface area contributed by atoms with Crippen LogP contribution in [0.5, 0.6) is 0 Å². The summed E-state index contributed by atoms with van der Waals surface area (Å²) in [6.45, 7) is -0.629. The number of rotatable bonds is 8. The number of nitriles is 1. The number of hydrogen-bond acceptors (Lipinski definition) is 10. The van der Waals surface area contributed by atoms with Gasteiger partial charge in [-0.2, -0.15) is 5.26 Å². The Kier molecular flexibility index (Phi) is 11.9. The molecule has 0 saturated carbocycles. The van der Waals surface area contributed by atoms with Gasteiger partial charge in [0.2, 0.25) is 0 Å². The molecule has 48 heavy (non-hydrogen) atoms. The normalized spacial score (nSPS) is 26.6. The molecule has 0 bridgehead atoms. The summed E-state index contributed by atoms with van der Waals surface area (Å²) < 4.78 is 29.4. The zero-order valence-electron chi connectivity index (χ0n) is 26.5. The van der Waals surface area contributed by atoms with Gasteiger partial charge in [-0.1, -0.05) is 72.8 Å². The maximum Gasteiger partial charge on any atom is 0.412 e. The highest BCUT2D eigenvalue weighted by molar-refractivity contribution is 5.85. The average molecular weight is 655 g/mol. The van der Waals surface area contributed by atoms with Gasteiger partial charge in [0, 0.05) is 12.8 Å². The lowest BCUT2D eigenvalue weighted by Crippen LogP contribution is -2.63. The number of esters is 2. The second-order valence-electron chi connectivity index (χ2n) is 11.7. The third kappa shape index (κ3) is 8.86. The van der Waals surface area contributed by atoms with Crippen LogP contribution in [0.2, 0.25) is 0 Å². The number of ether oxygens (including phenoxy) is 5. The van der Waals surface area contributed by atoms with Crippen LogP contribution in [0.4, 0.5) is 10.5 Å². The lowest BCUT2D eigenvalue weighted by molar-refractivity contribution is -0.300. The molecule has 3 aromatic rings. The summed E-state index contributed by atoms with van der Waals surface area (Å²) in [4.78, 5) is 40.9. The molecule has 0 unspecified atom stereocenters. The van der Waals surface area contributed by atoms with E-state index in [4.69, 9.17) is 28.9 Å². The molecule has 0 aromatic heterocycles. The van der Waals surface area contributed by atoms with Crippen molar-refractivity contribution in [3.8, 4) is 6.07 Å². The maximum atomic E-state index is 13.9. The van der Waals surface area contributed by atoms with E-state index >= 15 is 0 Å². The first-order valence-electron chi connectivity index (χ1n) is 15.8. The molecule has 11 heteroatoms. The number of carbonyl (C=O) groups is 3. The highest BCUT2D eigenvalue weighted by atomic mass is 16.7. The van der Waals surface area contributed by atoms with Crippen LogP contribution in [0.1, 0.15) is 29.5 Å². The molecule has 1 saturated heterocycles. The quantitative estimate of drug-likeness (QED) is 0.198. The number of methoxy groups -OCH3 is 1. The van der Waals surface area contributed by atoms with Crippen molar-refractivity contribution in [1.29, 1.82) is 5.26 Å².